The van der Waals surface area contributed by atoms with Gasteiger partial charge in [-0.15, -0.1) is 9.78 Å². The average molecular weight is 386 g/mol. The van der Waals surface area contributed by atoms with Gasteiger partial charge in [-0.05, 0) is 51.0 Å². The minimum Gasteiger partial charge on any atom is -0.290 e. The van der Waals surface area contributed by atoms with Gasteiger partial charge in [0, 0.05) is 6.42 Å². The molecule has 6 heteroatoms. The highest BCUT2D eigenvalue weighted by molar-refractivity contribution is 5.91. The molecule has 0 unspecified atom stereocenters. The van der Waals surface area contributed by atoms with Gasteiger partial charge in [0.1, 0.15) is 0 Å². The largest absolute Gasteiger partial charge is 0.373 e. The van der Waals surface area contributed by atoms with Gasteiger partial charge in [0.15, 0.2) is 0 Å². The van der Waals surface area contributed by atoms with Gasteiger partial charge in [-0.25, -0.2) is 9.59 Å². The Balaban J connectivity index is 1.95. The second-order valence-corrected chi connectivity index (χ2v) is 6.79. The van der Waals surface area contributed by atoms with Crippen LogP contribution in [0.15, 0.2) is 36.4 Å². The number of rotatable bonds is 8. The number of aryl methyl sites for hydroxylation is 4. The van der Waals surface area contributed by atoms with Gasteiger partial charge < -0.3 is 0 Å². The molecule has 6 nitrogen and oxygen atoms in total. The van der Waals surface area contributed by atoms with Crippen molar-refractivity contribution in [2.24, 2.45) is 0 Å². The SMILES string of the molecule is CCCC(OOC(=O)c1cc(C)ccc1C)OOC(=O)c1cc(C)ccc1C. The molecule has 0 radical (unpaired) electrons. The average Bonchev–Trinajstić information content (AvgIpc) is 2.67. The zero-order valence-electron chi connectivity index (χ0n) is 16.9. The fourth-order valence-electron chi connectivity index (χ4n) is 2.54. The molecule has 2 aromatic carbocycles. The number of hydrogen-bond donors (Lipinski definition) is 0. The summed E-state index contributed by atoms with van der Waals surface area (Å²) in [6, 6.07) is 10.9. The Hall–Kier alpha value is -2.70. The van der Waals surface area contributed by atoms with Crippen LogP contribution in [0.3, 0.4) is 0 Å². The Labute approximate surface area is 165 Å². The summed E-state index contributed by atoms with van der Waals surface area (Å²) in [6.07, 6.45) is 0.0282. The van der Waals surface area contributed by atoms with Crippen molar-refractivity contribution in [3.63, 3.8) is 0 Å². The third-order valence-corrected chi connectivity index (χ3v) is 4.21. The van der Waals surface area contributed by atoms with Crippen molar-refractivity contribution in [3.05, 3.63) is 69.8 Å². The number of carbonyl (C=O) groups is 2. The normalized spacial score (nSPS) is 10.8. The Kier molecular flexibility index (Phi) is 7.72. The number of carbonyl (C=O) groups excluding carboxylic acids is 2. The molecule has 0 aliphatic heterocycles. The lowest BCUT2D eigenvalue weighted by Gasteiger charge is -2.15. The minimum atomic E-state index is -1.02. The van der Waals surface area contributed by atoms with E-state index in [-0.39, 0.29) is 0 Å². The summed E-state index contributed by atoms with van der Waals surface area (Å²) in [4.78, 5) is 44.5. The lowest BCUT2D eigenvalue weighted by Crippen LogP contribution is -2.22. The number of hydrogen-bond acceptors (Lipinski definition) is 6. The highest BCUT2D eigenvalue weighted by Crippen LogP contribution is 2.16. The molecule has 0 aliphatic rings. The predicted molar refractivity (Wildman–Crippen MR) is 104 cm³/mol. The Bertz CT molecular complexity index is 775. The zero-order valence-corrected chi connectivity index (χ0v) is 16.9. The third-order valence-electron chi connectivity index (χ3n) is 4.21. The van der Waals surface area contributed by atoms with Crippen LogP contribution >= 0.6 is 0 Å². The summed E-state index contributed by atoms with van der Waals surface area (Å²) in [7, 11) is 0. The monoisotopic (exact) mass is 386 g/mol. The molecule has 0 amide bonds. The summed E-state index contributed by atoms with van der Waals surface area (Å²) in [5, 5.41) is 0. The fraction of sp³-hybridized carbons (Fsp3) is 0.364. The zero-order chi connectivity index (χ0) is 20.7. The van der Waals surface area contributed by atoms with Crippen LogP contribution in [0.4, 0.5) is 0 Å². The third kappa shape index (κ3) is 5.90. The molecule has 150 valence electrons. The van der Waals surface area contributed by atoms with Crippen LogP contribution in [0, 0.1) is 27.7 Å². The van der Waals surface area contributed by atoms with E-state index in [0.29, 0.717) is 24.0 Å². The van der Waals surface area contributed by atoms with Gasteiger partial charge in [0.25, 0.3) is 0 Å². The van der Waals surface area contributed by atoms with Crippen LogP contribution in [-0.2, 0) is 19.6 Å². The van der Waals surface area contributed by atoms with E-state index in [0.717, 1.165) is 22.3 Å². The molecule has 0 aromatic heterocycles. The lowest BCUT2D eigenvalue weighted by molar-refractivity contribution is -0.421. The summed E-state index contributed by atoms with van der Waals surface area (Å²) in [6.45, 7) is 9.28. The lowest BCUT2D eigenvalue weighted by atomic mass is 10.1. The summed E-state index contributed by atoms with van der Waals surface area (Å²) in [5.74, 6) is -1.27. The van der Waals surface area contributed by atoms with Crippen LogP contribution < -0.4 is 0 Å². The van der Waals surface area contributed by atoms with E-state index in [9.17, 15) is 9.59 Å². The first-order chi connectivity index (χ1) is 13.3. The van der Waals surface area contributed by atoms with E-state index in [4.69, 9.17) is 19.6 Å². The molecule has 0 aliphatic carbocycles. The van der Waals surface area contributed by atoms with E-state index < -0.39 is 18.2 Å². The molecule has 0 spiro atoms. The topological polar surface area (TPSA) is 71.1 Å². The first-order valence-corrected chi connectivity index (χ1v) is 9.21. The molecule has 0 atom stereocenters. The molecule has 0 heterocycles. The van der Waals surface area contributed by atoms with Crippen molar-refractivity contribution in [2.75, 3.05) is 0 Å². The molecule has 0 saturated carbocycles. The van der Waals surface area contributed by atoms with Crippen molar-refractivity contribution in [1.82, 2.24) is 0 Å². The number of benzene rings is 2. The van der Waals surface area contributed by atoms with E-state index in [1.165, 1.54) is 0 Å². The maximum Gasteiger partial charge on any atom is 0.373 e. The van der Waals surface area contributed by atoms with Crippen molar-refractivity contribution in [1.29, 1.82) is 0 Å². The summed E-state index contributed by atoms with van der Waals surface area (Å²) < 4.78 is 0. The minimum absolute atomic E-state index is 0.375. The quantitative estimate of drug-likeness (QED) is 0.364. The molecule has 0 fully saturated rings. The second kappa shape index (κ2) is 10.0. The van der Waals surface area contributed by atoms with Crippen molar-refractivity contribution in [2.45, 2.75) is 53.8 Å². The van der Waals surface area contributed by atoms with Crippen LogP contribution in [0.1, 0.15) is 62.7 Å². The van der Waals surface area contributed by atoms with Gasteiger partial charge in [-0.3, -0.25) is 9.78 Å². The van der Waals surface area contributed by atoms with E-state index in [2.05, 4.69) is 0 Å². The smallest absolute Gasteiger partial charge is 0.290 e. The van der Waals surface area contributed by atoms with E-state index >= 15 is 0 Å². The molecule has 2 rings (SSSR count). The molecular weight excluding hydrogens is 360 g/mol. The van der Waals surface area contributed by atoms with E-state index in [1.54, 1.807) is 12.1 Å². The first-order valence-electron chi connectivity index (χ1n) is 9.21. The first kappa shape index (κ1) is 21.6. The predicted octanol–water partition coefficient (Wildman–Crippen LogP) is 4.92. The standard InChI is InChI=1S/C22H26O6/c1-6-7-20(25-27-21(23)18-12-14(2)8-10-16(18)4)26-28-22(24)19-13-15(3)9-11-17(19)5/h8-13,20H,6-7H2,1-5H3. The van der Waals surface area contributed by atoms with Crippen LogP contribution in [0.2, 0.25) is 0 Å². The van der Waals surface area contributed by atoms with Gasteiger partial charge >= 0.3 is 11.9 Å². The molecule has 28 heavy (non-hydrogen) atoms. The highest BCUT2D eigenvalue weighted by atomic mass is 17.3. The molecule has 0 N–H and O–H groups in total. The van der Waals surface area contributed by atoms with Crippen LogP contribution in [-0.4, -0.2) is 18.2 Å². The van der Waals surface area contributed by atoms with Crippen LogP contribution in [0.5, 0.6) is 0 Å². The Morgan fingerprint density at radius 2 is 1.21 bits per heavy atom. The van der Waals surface area contributed by atoms with Crippen LogP contribution in [0.25, 0.3) is 0 Å². The Morgan fingerprint density at radius 1 is 0.786 bits per heavy atom. The maximum absolute atomic E-state index is 12.3. The summed E-state index contributed by atoms with van der Waals surface area (Å²) in [5.41, 5.74) is 4.22. The van der Waals surface area contributed by atoms with Crippen molar-refractivity contribution < 1.29 is 29.1 Å². The molecule has 0 bridgehead atoms. The highest BCUT2D eigenvalue weighted by Gasteiger charge is 2.20. The van der Waals surface area contributed by atoms with Crippen molar-refractivity contribution in [3.8, 4) is 0 Å². The Morgan fingerprint density at radius 3 is 1.61 bits per heavy atom. The molecular formula is C22H26O6. The summed E-state index contributed by atoms with van der Waals surface area (Å²) >= 11 is 0. The van der Waals surface area contributed by atoms with E-state index in [1.807, 2.05) is 58.9 Å². The van der Waals surface area contributed by atoms with Gasteiger partial charge in [0.05, 0.1) is 11.1 Å². The van der Waals surface area contributed by atoms with Gasteiger partial charge in [-0.1, -0.05) is 48.7 Å². The molecule has 2 aromatic rings. The van der Waals surface area contributed by atoms with Gasteiger partial charge in [0.2, 0.25) is 6.29 Å². The molecule has 0 saturated heterocycles. The second-order valence-electron chi connectivity index (χ2n) is 6.79. The van der Waals surface area contributed by atoms with Crippen molar-refractivity contribution >= 4 is 11.9 Å². The fourth-order valence-corrected chi connectivity index (χ4v) is 2.54. The van der Waals surface area contributed by atoms with Gasteiger partial charge in [-0.2, -0.15) is 0 Å². The maximum atomic E-state index is 12.3.